The van der Waals surface area contributed by atoms with Crippen LogP contribution in [0.3, 0.4) is 0 Å². The van der Waals surface area contributed by atoms with Crippen LogP contribution >= 0.6 is 23.2 Å². The quantitative estimate of drug-likeness (QED) is 0.584. The van der Waals surface area contributed by atoms with Gasteiger partial charge in [-0.15, -0.1) is 0 Å². The zero-order valence-corrected chi connectivity index (χ0v) is 15.9. The highest BCUT2D eigenvalue weighted by Crippen LogP contribution is 2.26. The molecule has 0 fully saturated rings. The molecule has 0 spiro atoms. The van der Waals surface area contributed by atoms with Gasteiger partial charge in [-0.25, -0.2) is 4.79 Å². The second-order valence-corrected chi connectivity index (χ2v) is 6.87. The van der Waals surface area contributed by atoms with Gasteiger partial charge in [-0.05, 0) is 55.2 Å². The number of carboxylic acid groups (broad SMARTS) is 1. The Morgan fingerprint density at radius 3 is 2.63 bits per heavy atom. The van der Waals surface area contributed by atoms with E-state index in [2.05, 4.69) is 0 Å². The summed E-state index contributed by atoms with van der Waals surface area (Å²) < 4.78 is 11.1. The number of carbonyl (C=O) groups excluding carboxylic acids is 1. The lowest BCUT2D eigenvalue weighted by atomic mass is 10.0. The van der Waals surface area contributed by atoms with Gasteiger partial charge in [0.25, 0.3) is 0 Å². The van der Waals surface area contributed by atoms with Gasteiger partial charge in [0.1, 0.15) is 17.9 Å². The van der Waals surface area contributed by atoms with E-state index < -0.39 is 11.6 Å². The summed E-state index contributed by atoms with van der Waals surface area (Å²) in [7, 11) is 0. The normalized spacial score (nSPS) is 10.9. The Bertz CT molecular complexity index is 1070. The Balaban J connectivity index is 1.84. The number of aryl methyl sites for hydroxylation is 1. The number of fused-ring (bicyclic) bond motifs is 1. The standard InChI is InChI=1S/C20H16Cl2O5/c1-11-14-4-3-13(26-10-12-2-6-16(21)17(22)8-12)9-18(14)27-20(25)15(11)5-7-19(23)24/h2-4,6,8-9H,5,7,10H2,1H3,(H,23,24)/p-1. The van der Waals surface area contributed by atoms with Crippen molar-refractivity contribution in [3.63, 3.8) is 0 Å². The fourth-order valence-electron chi connectivity index (χ4n) is 2.78. The second kappa shape index (κ2) is 8.03. The molecule has 0 saturated carbocycles. The number of rotatable bonds is 6. The van der Waals surface area contributed by atoms with E-state index >= 15 is 0 Å². The molecule has 0 unspecified atom stereocenters. The first-order valence-electron chi connectivity index (χ1n) is 8.18. The van der Waals surface area contributed by atoms with Gasteiger partial charge >= 0.3 is 5.63 Å². The van der Waals surface area contributed by atoms with Gasteiger partial charge in [0.05, 0.1) is 10.0 Å². The van der Waals surface area contributed by atoms with Crippen LogP contribution < -0.4 is 15.5 Å². The van der Waals surface area contributed by atoms with Crippen LogP contribution in [-0.2, 0) is 17.8 Å². The number of carboxylic acids is 1. The van der Waals surface area contributed by atoms with Gasteiger partial charge in [0.2, 0.25) is 0 Å². The molecule has 2 aromatic carbocycles. The van der Waals surface area contributed by atoms with E-state index in [9.17, 15) is 14.7 Å². The molecule has 27 heavy (non-hydrogen) atoms. The molecule has 1 heterocycles. The van der Waals surface area contributed by atoms with E-state index in [1.165, 1.54) is 0 Å². The van der Waals surface area contributed by atoms with E-state index in [0.717, 1.165) is 10.9 Å². The molecule has 0 N–H and O–H groups in total. The molecule has 0 aliphatic heterocycles. The van der Waals surface area contributed by atoms with Crippen molar-refractivity contribution in [2.24, 2.45) is 0 Å². The number of hydrogen-bond donors (Lipinski definition) is 0. The van der Waals surface area contributed by atoms with Crippen molar-refractivity contribution in [1.29, 1.82) is 0 Å². The molecule has 0 amide bonds. The minimum absolute atomic E-state index is 0.0714. The largest absolute Gasteiger partial charge is 0.550 e. The van der Waals surface area contributed by atoms with E-state index in [-0.39, 0.29) is 19.4 Å². The number of hydrogen-bond acceptors (Lipinski definition) is 5. The number of carbonyl (C=O) groups is 1. The lowest BCUT2D eigenvalue weighted by Crippen LogP contribution is -2.24. The monoisotopic (exact) mass is 405 g/mol. The molecule has 5 nitrogen and oxygen atoms in total. The summed E-state index contributed by atoms with van der Waals surface area (Å²) in [6.45, 7) is 2.04. The molecular weight excluding hydrogens is 391 g/mol. The maximum atomic E-state index is 12.2. The van der Waals surface area contributed by atoms with Gasteiger partial charge < -0.3 is 19.1 Å². The summed E-state index contributed by atoms with van der Waals surface area (Å²) in [6.07, 6.45) is -0.163. The number of aliphatic carboxylic acids is 1. The highest BCUT2D eigenvalue weighted by Gasteiger charge is 2.12. The highest BCUT2D eigenvalue weighted by atomic mass is 35.5. The van der Waals surface area contributed by atoms with Gasteiger partial charge in [-0.2, -0.15) is 0 Å². The van der Waals surface area contributed by atoms with E-state index in [0.29, 0.717) is 32.5 Å². The molecule has 3 rings (SSSR count). The Morgan fingerprint density at radius 2 is 1.93 bits per heavy atom. The van der Waals surface area contributed by atoms with E-state index in [1.807, 2.05) is 6.07 Å². The first-order chi connectivity index (χ1) is 12.8. The number of halogens is 2. The smallest absolute Gasteiger partial charge is 0.339 e. The molecule has 0 aliphatic carbocycles. The zero-order chi connectivity index (χ0) is 19.6. The minimum atomic E-state index is -1.21. The molecule has 0 atom stereocenters. The van der Waals surface area contributed by atoms with Crippen molar-refractivity contribution in [2.45, 2.75) is 26.4 Å². The van der Waals surface area contributed by atoms with Crippen molar-refractivity contribution in [3.8, 4) is 5.75 Å². The molecule has 0 aliphatic rings. The second-order valence-electron chi connectivity index (χ2n) is 6.06. The lowest BCUT2D eigenvalue weighted by molar-refractivity contribution is -0.305. The summed E-state index contributed by atoms with van der Waals surface area (Å²) in [4.78, 5) is 22.8. The summed E-state index contributed by atoms with van der Waals surface area (Å²) in [5.74, 6) is -0.682. The molecule has 3 aromatic rings. The Hall–Kier alpha value is -2.50. The fraction of sp³-hybridized carbons (Fsp3) is 0.200. The third kappa shape index (κ3) is 4.43. The van der Waals surface area contributed by atoms with Gasteiger partial charge in [-0.1, -0.05) is 29.3 Å². The van der Waals surface area contributed by atoms with Crippen LogP contribution in [0, 0.1) is 6.92 Å². The lowest BCUT2D eigenvalue weighted by Gasteiger charge is -2.11. The average molecular weight is 406 g/mol. The van der Waals surface area contributed by atoms with Gasteiger partial charge in [0.15, 0.2) is 0 Å². The first kappa shape index (κ1) is 19.3. The van der Waals surface area contributed by atoms with Crippen LogP contribution in [0.25, 0.3) is 11.0 Å². The zero-order valence-electron chi connectivity index (χ0n) is 14.4. The molecule has 0 bridgehead atoms. The number of benzene rings is 2. The topological polar surface area (TPSA) is 79.6 Å². The van der Waals surface area contributed by atoms with Gasteiger partial charge in [-0.3, -0.25) is 0 Å². The predicted octanol–water partition coefficient (Wildman–Crippen LogP) is 3.67. The molecule has 0 saturated heterocycles. The van der Waals surface area contributed by atoms with Crippen molar-refractivity contribution in [3.05, 3.63) is 73.6 Å². The third-order valence-electron chi connectivity index (χ3n) is 4.23. The highest BCUT2D eigenvalue weighted by molar-refractivity contribution is 6.42. The SMILES string of the molecule is Cc1c(CCC(=O)[O-])c(=O)oc2cc(OCc3ccc(Cl)c(Cl)c3)ccc12. The average Bonchev–Trinajstić information content (AvgIpc) is 2.62. The van der Waals surface area contributed by atoms with Crippen LogP contribution in [0.1, 0.15) is 23.1 Å². The molecule has 0 radical (unpaired) electrons. The summed E-state index contributed by atoms with van der Waals surface area (Å²) >= 11 is 11.9. The summed E-state index contributed by atoms with van der Waals surface area (Å²) in [5, 5.41) is 12.3. The van der Waals surface area contributed by atoms with Crippen molar-refractivity contribution < 1.29 is 19.1 Å². The van der Waals surface area contributed by atoms with Crippen LogP contribution in [0.15, 0.2) is 45.6 Å². The van der Waals surface area contributed by atoms with Gasteiger partial charge in [0, 0.05) is 23.0 Å². The van der Waals surface area contributed by atoms with Crippen molar-refractivity contribution in [2.75, 3.05) is 0 Å². The Kier molecular flexibility index (Phi) is 5.73. The maximum Gasteiger partial charge on any atom is 0.339 e. The van der Waals surface area contributed by atoms with Crippen molar-refractivity contribution >= 4 is 40.1 Å². The predicted molar refractivity (Wildman–Crippen MR) is 101 cm³/mol. The van der Waals surface area contributed by atoms with Crippen LogP contribution in [0.2, 0.25) is 10.0 Å². The maximum absolute atomic E-state index is 12.2. The van der Waals surface area contributed by atoms with E-state index in [1.54, 1.807) is 37.3 Å². The Labute approximate surface area is 165 Å². The number of ether oxygens (including phenoxy) is 1. The first-order valence-corrected chi connectivity index (χ1v) is 8.93. The minimum Gasteiger partial charge on any atom is -0.550 e. The molecule has 7 heteroatoms. The van der Waals surface area contributed by atoms with Crippen LogP contribution in [-0.4, -0.2) is 5.97 Å². The summed E-state index contributed by atoms with van der Waals surface area (Å²) in [6, 6.07) is 10.4. The molecule has 1 aromatic heterocycles. The van der Waals surface area contributed by atoms with E-state index in [4.69, 9.17) is 32.4 Å². The summed E-state index contributed by atoms with van der Waals surface area (Å²) in [5.41, 5.74) is 1.71. The van der Waals surface area contributed by atoms with Crippen LogP contribution in [0.5, 0.6) is 5.75 Å². The molecule has 140 valence electrons. The van der Waals surface area contributed by atoms with Crippen molar-refractivity contribution in [1.82, 2.24) is 0 Å². The Morgan fingerprint density at radius 1 is 1.15 bits per heavy atom. The fourth-order valence-corrected chi connectivity index (χ4v) is 3.10. The third-order valence-corrected chi connectivity index (χ3v) is 4.97. The van der Waals surface area contributed by atoms with Crippen LogP contribution in [0.4, 0.5) is 0 Å². The molecular formula is C20H15Cl2O5-.